The summed E-state index contributed by atoms with van der Waals surface area (Å²) in [5.74, 6) is -0.464. The van der Waals surface area contributed by atoms with Crippen molar-refractivity contribution in [3.63, 3.8) is 0 Å². The number of amides is 1. The lowest BCUT2D eigenvalue weighted by Crippen LogP contribution is -2.25. The lowest BCUT2D eigenvalue weighted by molar-refractivity contribution is -0.117. The molecule has 30 heavy (non-hydrogen) atoms. The Bertz CT molecular complexity index is 1110. The van der Waals surface area contributed by atoms with Crippen LogP contribution in [0.3, 0.4) is 0 Å². The first kappa shape index (κ1) is 21.2. The molecule has 3 N–H and O–H groups in total. The lowest BCUT2D eigenvalue weighted by atomic mass is 10.2. The Hall–Kier alpha value is -3.52. The average molecular weight is 429 g/mol. The minimum Gasteiger partial charge on any atom is -0.454 e. The molecule has 0 fully saturated rings. The minimum absolute atomic E-state index is 0.00168. The van der Waals surface area contributed by atoms with Gasteiger partial charge in [-0.15, -0.1) is 0 Å². The maximum absolute atomic E-state index is 13.9. The van der Waals surface area contributed by atoms with Crippen LogP contribution in [0, 0.1) is 5.82 Å². The number of ether oxygens (including phenoxy) is 1. The third-order valence-electron chi connectivity index (χ3n) is 4.19. The molecule has 1 atom stereocenters. The van der Waals surface area contributed by atoms with Crippen molar-refractivity contribution < 1.29 is 18.7 Å². The third kappa shape index (κ3) is 5.09. The normalized spacial score (nSPS) is 11.6. The predicted octanol–water partition coefficient (Wildman–Crippen LogP) is 4.22. The Labute approximate surface area is 177 Å². The summed E-state index contributed by atoms with van der Waals surface area (Å²) in [6.07, 6.45) is 0. The van der Waals surface area contributed by atoms with E-state index in [9.17, 15) is 14.0 Å². The van der Waals surface area contributed by atoms with Crippen molar-refractivity contribution in [2.45, 2.75) is 19.9 Å². The van der Waals surface area contributed by atoms with Crippen LogP contribution >= 0.6 is 11.6 Å². The van der Waals surface area contributed by atoms with E-state index in [-0.39, 0.29) is 28.1 Å². The number of ketones is 1. The average Bonchev–Trinajstić information content (AvgIpc) is 2.70. The maximum Gasteiger partial charge on any atom is 0.267 e. The number of Topliss-reactive ketones (excluding diaryl/α,β-unsaturated/α-hetero) is 1. The largest absolute Gasteiger partial charge is 0.454 e. The molecule has 0 radical (unpaired) electrons. The van der Waals surface area contributed by atoms with E-state index in [0.29, 0.717) is 17.1 Å². The second-order valence-corrected chi connectivity index (χ2v) is 6.94. The van der Waals surface area contributed by atoms with E-state index < -0.39 is 17.8 Å². The number of rotatable bonds is 7. The van der Waals surface area contributed by atoms with E-state index in [1.54, 1.807) is 31.2 Å². The number of carbonyl (C=O) groups is 2. The molecule has 1 aromatic heterocycles. The summed E-state index contributed by atoms with van der Waals surface area (Å²) in [5.41, 5.74) is 5.94. The van der Waals surface area contributed by atoms with Crippen molar-refractivity contribution in [3.05, 3.63) is 65.1 Å². The van der Waals surface area contributed by atoms with Gasteiger partial charge in [-0.25, -0.2) is 14.4 Å². The molecule has 3 aromatic rings. The SMILES string of the molecule is CC(=O)[C@H](C)Nc1cc(C(N)=O)nc(-c2ccc(Oc3ccc(Cl)cc3F)cc2)n1. The monoisotopic (exact) mass is 428 g/mol. The van der Waals surface area contributed by atoms with Crippen LogP contribution in [0.4, 0.5) is 10.2 Å². The number of nitrogens with one attached hydrogen (secondary N) is 1. The molecule has 0 unspecified atom stereocenters. The van der Waals surface area contributed by atoms with E-state index in [1.807, 2.05) is 0 Å². The van der Waals surface area contributed by atoms with E-state index in [1.165, 1.54) is 25.1 Å². The van der Waals surface area contributed by atoms with E-state index in [4.69, 9.17) is 22.1 Å². The molecular weight excluding hydrogens is 411 g/mol. The Morgan fingerprint density at radius 3 is 2.43 bits per heavy atom. The van der Waals surface area contributed by atoms with Gasteiger partial charge in [-0.2, -0.15) is 0 Å². The lowest BCUT2D eigenvalue weighted by Gasteiger charge is -2.13. The highest BCUT2D eigenvalue weighted by Crippen LogP contribution is 2.28. The highest BCUT2D eigenvalue weighted by atomic mass is 35.5. The molecule has 2 aromatic carbocycles. The highest BCUT2D eigenvalue weighted by Gasteiger charge is 2.14. The standard InChI is InChI=1S/C21H18ClFN4O3/c1-11(12(2)28)25-19-10-17(20(24)29)26-21(27-19)13-3-6-15(7-4-13)30-18-8-5-14(22)9-16(18)23/h3-11H,1-2H3,(H2,24,29)(H,25,26,27)/t11-/m0/s1. The Morgan fingerprint density at radius 1 is 1.13 bits per heavy atom. The summed E-state index contributed by atoms with van der Waals surface area (Å²) in [5, 5.41) is 3.18. The van der Waals surface area contributed by atoms with E-state index in [2.05, 4.69) is 15.3 Å². The van der Waals surface area contributed by atoms with E-state index in [0.717, 1.165) is 6.07 Å². The number of carbonyl (C=O) groups excluding carboxylic acids is 2. The first-order chi connectivity index (χ1) is 14.2. The summed E-state index contributed by atoms with van der Waals surface area (Å²) >= 11 is 5.74. The molecule has 0 aliphatic rings. The van der Waals surface area contributed by atoms with Gasteiger partial charge in [0.15, 0.2) is 23.2 Å². The fraction of sp³-hybridized carbons (Fsp3) is 0.143. The van der Waals surface area contributed by atoms with Gasteiger partial charge in [-0.3, -0.25) is 9.59 Å². The van der Waals surface area contributed by atoms with Gasteiger partial charge in [-0.1, -0.05) is 11.6 Å². The Morgan fingerprint density at radius 2 is 1.83 bits per heavy atom. The van der Waals surface area contributed by atoms with Gasteiger partial charge in [0.2, 0.25) is 0 Å². The van der Waals surface area contributed by atoms with Crippen molar-refractivity contribution in [1.82, 2.24) is 9.97 Å². The Kier molecular flexibility index (Phi) is 6.27. The molecular formula is C21H18ClFN4O3. The summed E-state index contributed by atoms with van der Waals surface area (Å²) in [7, 11) is 0. The molecule has 9 heteroatoms. The van der Waals surface area contributed by atoms with Gasteiger partial charge in [0, 0.05) is 16.7 Å². The molecule has 0 bridgehead atoms. The topological polar surface area (TPSA) is 107 Å². The van der Waals surface area contributed by atoms with Crippen LogP contribution in [-0.4, -0.2) is 27.7 Å². The van der Waals surface area contributed by atoms with Crippen molar-refractivity contribution in [2.75, 3.05) is 5.32 Å². The van der Waals surface area contributed by atoms with Gasteiger partial charge < -0.3 is 15.8 Å². The first-order valence-corrected chi connectivity index (χ1v) is 9.30. The minimum atomic E-state index is -0.727. The zero-order valence-corrected chi connectivity index (χ0v) is 16.9. The van der Waals surface area contributed by atoms with Crippen molar-refractivity contribution in [2.24, 2.45) is 5.73 Å². The Balaban J connectivity index is 1.88. The number of halogens is 2. The summed E-state index contributed by atoms with van der Waals surface area (Å²) in [6.45, 7) is 3.12. The zero-order chi connectivity index (χ0) is 21.8. The van der Waals surface area contributed by atoms with Gasteiger partial charge >= 0.3 is 0 Å². The second kappa shape index (κ2) is 8.87. The molecule has 3 rings (SSSR count). The molecule has 0 saturated carbocycles. The quantitative estimate of drug-likeness (QED) is 0.583. The highest BCUT2D eigenvalue weighted by molar-refractivity contribution is 6.30. The molecule has 1 amide bonds. The van der Waals surface area contributed by atoms with Crippen molar-refractivity contribution >= 4 is 29.1 Å². The second-order valence-electron chi connectivity index (χ2n) is 6.50. The van der Waals surface area contributed by atoms with Crippen LogP contribution < -0.4 is 15.8 Å². The van der Waals surface area contributed by atoms with Crippen LogP contribution in [0.5, 0.6) is 11.5 Å². The zero-order valence-electron chi connectivity index (χ0n) is 16.1. The van der Waals surface area contributed by atoms with Gasteiger partial charge in [0.25, 0.3) is 5.91 Å². The summed E-state index contributed by atoms with van der Waals surface area (Å²) < 4.78 is 19.4. The summed E-state index contributed by atoms with van der Waals surface area (Å²) in [6, 6.07) is 11.5. The van der Waals surface area contributed by atoms with Crippen molar-refractivity contribution in [3.8, 4) is 22.9 Å². The molecule has 0 saturated heterocycles. The number of anilines is 1. The van der Waals surface area contributed by atoms with Gasteiger partial charge in [0.1, 0.15) is 17.3 Å². The third-order valence-corrected chi connectivity index (χ3v) is 4.42. The molecule has 154 valence electrons. The number of aromatic nitrogens is 2. The fourth-order valence-corrected chi connectivity index (χ4v) is 2.62. The molecule has 7 nitrogen and oxygen atoms in total. The van der Waals surface area contributed by atoms with Crippen LogP contribution in [-0.2, 0) is 4.79 Å². The van der Waals surface area contributed by atoms with Crippen LogP contribution in [0.15, 0.2) is 48.5 Å². The predicted molar refractivity (Wildman–Crippen MR) is 111 cm³/mol. The molecule has 1 heterocycles. The van der Waals surface area contributed by atoms with Crippen LogP contribution in [0.1, 0.15) is 24.3 Å². The number of benzene rings is 2. The van der Waals surface area contributed by atoms with E-state index >= 15 is 0 Å². The van der Waals surface area contributed by atoms with Crippen molar-refractivity contribution in [1.29, 1.82) is 0 Å². The smallest absolute Gasteiger partial charge is 0.267 e. The number of nitrogens with zero attached hydrogens (tertiary/aromatic N) is 2. The fourth-order valence-electron chi connectivity index (χ4n) is 2.46. The number of primary amides is 1. The number of hydrogen-bond donors (Lipinski definition) is 2. The molecule has 0 aliphatic heterocycles. The number of hydrogen-bond acceptors (Lipinski definition) is 6. The van der Waals surface area contributed by atoms with Crippen LogP contribution in [0.25, 0.3) is 11.4 Å². The number of nitrogens with two attached hydrogens (primary N) is 1. The maximum atomic E-state index is 13.9. The van der Waals surface area contributed by atoms with Gasteiger partial charge in [0.05, 0.1) is 6.04 Å². The first-order valence-electron chi connectivity index (χ1n) is 8.92. The molecule has 0 spiro atoms. The van der Waals surface area contributed by atoms with Gasteiger partial charge in [-0.05, 0) is 56.3 Å². The molecule has 0 aliphatic carbocycles. The van der Waals surface area contributed by atoms with Crippen LogP contribution in [0.2, 0.25) is 5.02 Å². The summed E-state index contributed by atoms with van der Waals surface area (Å²) in [4.78, 5) is 31.7.